The molecule has 1 heterocycles. The van der Waals surface area contributed by atoms with Crippen LogP contribution in [0.3, 0.4) is 0 Å². The van der Waals surface area contributed by atoms with E-state index in [1.165, 1.54) is 11.3 Å². The Kier molecular flexibility index (Phi) is 4.09. The second-order valence-electron chi connectivity index (χ2n) is 5.73. The van der Waals surface area contributed by atoms with Crippen LogP contribution in [0.4, 0.5) is 17.1 Å². The van der Waals surface area contributed by atoms with Gasteiger partial charge in [0.15, 0.2) is 0 Å². The van der Waals surface area contributed by atoms with Crippen LogP contribution in [0.2, 0.25) is 0 Å². The summed E-state index contributed by atoms with van der Waals surface area (Å²) in [6.07, 6.45) is 0. The first-order valence-corrected chi connectivity index (χ1v) is 7.67. The summed E-state index contributed by atoms with van der Waals surface area (Å²) < 4.78 is 5.21. The molecule has 3 rings (SSSR count). The molecule has 1 fully saturated rings. The van der Waals surface area contributed by atoms with Crippen molar-refractivity contribution < 1.29 is 4.74 Å². The fraction of sp³-hybridized carbons (Fsp3) is 0.333. The van der Waals surface area contributed by atoms with Gasteiger partial charge in [-0.15, -0.1) is 0 Å². The first-order chi connectivity index (χ1) is 10.7. The molecule has 1 saturated heterocycles. The van der Waals surface area contributed by atoms with Crippen molar-refractivity contribution in [3.63, 3.8) is 0 Å². The fourth-order valence-electron chi connectivity index (χ4n) is 2.96. The fourth-order valence-corrected chi connectivity index (χ4v) is 2.96. The third kappa shape index (κ3) is 2.96. The van der Waals surface area contributed by atoms with Crippen LogP contribution in [0.25, 0.3) is 0 Å². The van der Waals surface area contributed by atoms with Gasteiger partial charge < -0.3 is 20.3 Å². The van der Waals surface area contributed by atoms with E-state index in [0.717, 1.165) is 43.3 Å². The number of nitrogens with zero attached hydrogens (tertiary/aromatic N) is 2. The monoisotopic (exact) mass is 297 g/mol. The Labute approximate surface area is 132 Å². The van der Waals surface area contributed by atoms with Gasteiger partial charge in [-0.05, 0) is 48.9 Å². The summed E-state index contributed by atoms with van der Waals surface area (Å²) >= 11 is 0. The quantitative estimate of drug-likeness (QED) is 0.885. The summed E-state index contributed by atoms with van der Waals surface area (Å²) in [6, 6.07) is 14.6. The second kappa shape index (κ2) is 6.18. The number of nitrogen functional groups attached to an aromatic ring is 1. The number of ether oxygens (including phenoxy) is 1. The Hall–Kier alpha value is -2.36. The van der Waals surface area contributed by atoms with Gasteiger partial charge in [0.1, 0.15) is 5.75 Å². The van der Waals surface area contributed by atoms with Crippen LogP contribution in [-0.4, -0.2) is 33.3 Å². The number of piperazine rings is 1. The lowest BCUT2D eigenvalue weighted by Crippen LogP contribution is -2.46. The predicted molar refractivity (Wildman–Crippen MR) is 93.0 cm³/mol. The van der Waals surface area contributed by atoms with Gasteiger partial charge in [-0.25, -0.2) is 0 Å². The summed E-state index contributed by atoms with van der Waals surface area (Å²) in [5.41, 5.74) is 10.6. The van der Waals surface area contributed by atoms with E-state index < -0.39 is 0 Å². The average molecular weight is 297 g/mol. The van der Waals surface area contributed by atoms with Crippen molar-refractivity contribution in [2.45, 2.75) is 6.92 Å². The Morgan fingerprint density at radius 1 is 0.909 bits per heavy atom. The Morgan fingerprint density at radius 2 is 1.55 bits per heavy atom. The molecular formula is C18H23N3O. The van der Waals surface area contributed by atoms with Crippen molar-refractivity contribution in [3.05, 3.63) is 48.0 Å². The normalized spacial score (nSPS) is 15.0. The number of benzene rings is 2. The number of methoxy groups -OCH3 is 1. The van der Waals surface area contributed by atoms with Gasteiger partial charge in [0.2, 0.25) is 0 Å². The Bertz CT molecular complexity index is 631. The second-order valence-corrected chi connectivity index (χ2v) is 5.73. The lowest BCUT2D eigenvalue weighted by molar-refractivity contribution is 0.415. The summed E-state index contributed by atoms with van der Waals surface area (Å²) in [6.45, 7) is 6.04. The van der Waals surface area contributed by atoms with E-state index in [2.05, 4.69) is 41.0 Å². The van der Waals surface area contributed by atoms with Crippen LogP contribution in [0.1, 0.15) is 5.56 Å². The Morgan fingerprint density at radius 3 is 2.14 bits per heavy atom. The molecular weight excluding hydrogens is 274 g/mol. The summed E-state index contributed by atoms with van der Waals surface area (Å²) in [5.74, 6) is 0.898. The van der Waals surface area contributed by atoms with Crippen molar-refractivity contribution in [1.29, 1.82) is 0 Å². The first kappa shape index (κ1) is 14.6. The smallest absolute Gasteiger partial charge is 0.119 e. The van der Waals surface area contributed by atoms with Gasteiger partial charge in [0, 0.05) is 31.9 Å². The van der Waals surface area contributed by atoms with Crippen LogP contribution in [0, 0.1) is 6.92 Å². The first-order valence-electron chi connectivity index (χ1n) is 7.67. The minimum absolute atomic E-state index is 0.873. The predicted octanol–water partition coefficient (Wildman–Crippen LogP) is 2.91. The van der Waals surface area contributed by atoms with E-state index in [-0.39, 0.29) is 0 Å². The van der Waals surface area contributed by atoms with E-state index in [9.17, 15) is 0 Å². The molecule has 116 valence electrons. The number of nitrogens with two attached hydrogens (primary N) is 1. The molecule has 0 spiro atoms. The van der Waals surface area contributed by atoms with Crippen molar-refractivity contribution in [1.82, 2.24) is 0 Å². The Balaban J connectivity index is 1.66. The van der Waals surface area contributed by atoms with Gasteiger partial charge in [-0.3, -0.25) is 0 Å². The van der Waals surface area contributed by atoms with Gasteiger partial charge in [0.25, 0.3) is 0 Å². The molecule has 0 saturated carbocycles. The van der Waals surface area contributed by atoms with Crippen molar-refractivity contribution >= 4 is 17.1 Å². The molecule has 0 aliphatic carbocycles. The topological polar surface area (TPSA) is 41.7 Å². The summed E-state index contributed by atoms with van der Waals surface area (Å²) in [5, 5.41) is 0. The molecule has 2 aromatic rings. The largest absolute Gasteiger partial charge is 0.497 e. The van der Waals surface area contributed by atoms with E-state index in [1.54, 1.807) is 7.11 Å². The summed E-state index contributed by atoms with van der Waals surface area (Å²) in [7, 11) is 1.69. The van der Waals surface area contributed by atoms with Crippen LogP contribution in [0.5, 0.6) is 5.75 Å². The minimum atomic E-state index is 0.873. The highest BCUT2D eigenvalue weighted by Crippen LogP contribution is 2.27. The van der Waals surface area contributed by atoms with E-state index >= 15 is 0 Å². The van der Waals surface area contributed by atoms with Crippen LogP contribution < -0.4 is 20.3 Å². The van der Waals surface area contributed by atoms with Crippen molar-refractivity contribution in [2.75, 3.05) is 48.8 Å². The molecule has 1 aliphatic heterocycles. The molecule has 0 aromatic heterocycles. The zero-order valence-electron chi connectivity index (χ0n) is 13.2. The average Bonchev–Trinajstić information content (AvgIpc) is 2.55. The van der Waals surface area contributed by atoms with Crippen LogP contribution >= 0.6 is 0 Å². The van der Waals surface area contributed by atoms with Crippen molar-refractivity contribution in [2.24, 2.45) is 0 Å². The standard InChI is InChI=1S/C18H23N3O/c1-14-3-8-18(17(19)13-14)21-11-9-20(10-12-21)15-4-6-16(22-2)7-5-15/h3-8,13H,9-12,19H2,1-2H3. The molecule has 0 unspecified atom stereocenters. The number of aryl methyl sites for hydroxylation is 1. The third-order valence-corrected chi connectivity index (χ3v) is 4.24. The molecule has 4 heteroatoms. The number of hydrogen-bond donors (Lipinski definition) is 1. The van der Waals surface area contributed by atoms with E-state index in [1.807, 2.05) is 18.2 Å². The van der Waals surface area contributed by atoms with E-state index in [0.29, 0.717) is 0 Å². The zero-order valence-corrected chi connectivity index (χ0v) is 13.2. The SMILES string of the molecule is COc1ccc(N2CCN(c3ccc(C)cc3N)CC2)cc1. The van der Waals surface area contributed by atoms with E-state index in [4.69, 9.17) is 10.5 Å². The molecule has 4 nitrogen and oxygen atoms in total. The maximum absolute atomic E-state index is 6.16. The number of rotatable bonds is 3. The molecule has 2 aromatic carbocycles. The molecule has 0 atom stereocenters. The number of anilines is 3. The van der Waals surface area contributed by atoms with Gasteiger partial charge in [0.05, 0.1) is 18.5 Å². The van der Waals surface area contributed by atoms with Gasteiger partial charge in [-0.1, -0.05) is 6.07 Å². The highest BCUT2D eigenvalue weighted by Gasteiger charge is 2.19. The molecule has 22 heavy (non-hydrogen) atoms. The molecule has 2 N–H and O–H groups in total. The number of hydrogen-bond acceptors (Lipinski definition) is 4. The zero-order chi connectivity index (χ0) is 15.5. The van der Waals surface area contributed by atoms with Crippen molar-refractivity contribution in [3.8, 4) is 5.75 Å². The minimum Gasteiger partial charge on any atom is -0.497 e. The van der Waals surface area contributed by atoms with Crippen LogP contribution in [0.15, 0.2) is 42.5 Å². The third-order valence-electron chi connectivity index (χ3n) is 4.24. The lowest BCUT2D eigenvalue weighted by atomic mass is 10.1. The highest BCUT2D eigenvalue weighted by atomic mass is 16.5. The maximum atomic E-state index is 6.16. The molecule has 0 bridgehead atoms. The maximum Gasteiger partial charge on any atom is 0.119 e. The van der Waals surface area contributed by atoms with Gasteiger partial charge >= 0.3 is 0 Å². The molecule has 1 aliphatic rings. The summed E-state index contributed by atoms with van der Waals surface area (Å²) in [4.78, 5) is 4.77. The molecule has 0 amide bonds. The highest BCUT2D eigenvalue weighted by molar-refractivity contribution is 5.69. The van der Waals surface area contributed by atoms with Gasteiger partial charge in [-0.2, -0.15) is 0 Å². The van der Waals surface area contributed by atoms with Crippen LogP contribution in [-0.2, 0) is 0 Å². The molecule has 0 radical (unpaired) electrons. The lowest BCUT2D eigenvalue weighted by Gasteiger charge is -2.38.